The normalized spacial score (nSPS) is 10.5. The molecule has 4 aromatic heterocycles. The van der Waals surface area contributed by atoms with Gasteiger partial charge in [-0.05, 0) is 48.7 Å². The summed E-state index contributed by atoms with van der Waals surface area (Å²) in [5.74, 6) is 0.764. The van der Waals surface area contributed by atoms with Crippen LogP contribution in [-0.2, 0) is 0 Å². The third kappa shape index (κ3) is 3.21. The molecule has 0 unspecified atom stereocenters. The van der Waals surface area contributed by atoms with Crippen LogP contribution in [0, 0.1) is 9.54 Å². The number of H-pyrrole nitrogens is 2. The molecule has 0 aromatic carbocycles. The summed E-state index contributed by atoms with van der Waals surface area (Å²) in [5, 5.41) is 24.5. The van der Waals surface area contributed by atoms with E-state index in [9.17, 15) is 0 Å². The highest BCUT2D eigenvalue weighted by Gasteiger charge is 1.98. The summed E-state index contributed by atoms with van der Waals surface area (Å²) >= 11 is 15.4. The van der Waals surface area contributed by atoms with Crippen molar-refractivity contribution in [3.8, 4) is 0 Å². The highest BCUT2D eigenvalue weighted by atomic mass is 35.5. The first kappa shape index (κ1) is 15.5. The molecule has 9 nitrogen and oxygen atoms in total. The van der Waals surface area contributed by atoms with Gasteiger partial charge in [0.2, 0.25) is 9.54 Å². The molecule has 0 saturated carbocycles. The van der Waals surface area contributed by atoms with Crippen molar-refractivity contribution in [1.82, 2.24) is 39.6 Å². The fourth-order valence-electron chi connectivity index (χ4n) is 1.72. The lowest BCUT2D eigenvalue weighted by Gasteiger charge is -1.96. The second-order valence-electron chi connectivity index (χ2n) is 4.22. The fourth-order valence-corrected chi connectivity index (χ4v) is 2.22. The zero-order valence-electron chi connectivity index (χ0n) is 11.7. The van der Waals surface area contributed by atoms with Crippen molar-refractivity contribution < 1.29 is 0 Å². The number of nitrogens with zero attached hydrogens (tertiary/aromatic N) is 6. The summed E-state index contributed by atoms with van der Waals surface area (Å²) in [5.41, 5.74) is 1.39. The molecule has 4 rings (SSSR count). The Kier molecular flexibility index (Phi) is 4.32. The number of anilines is 1. The maximum absolute atomic E-state index is 5.63. The van der Waals surface area contributed by atoms with Gasteiger partial charge in [0.05, 0.1) is 0 Å². The molecular weight excluding hydrogens is 358 g/mol. The van der Waals surface area contributed by atoms with Gasteiger partial charge in [-0.1, -0.05) is 11.6 Å². The van der Waals surface area contributed by atoms with Crippen LogP contribution in [0.1, 0.15) is 0 Å². The Balaban J connectivity index is 0.000000136. The second kappa shape index (κ2) is 6.40. The molecule has 0 bridgehead atoms. The summed E-state index contributed by atoms with van der Waals surface area (Å²) < 4.78 is 3.99. The molecule has 0 saturated heterocycles. The minimum absolute atomic E-state index is 0.398. The average molecular weight is 368 g/mol. The van der Waals surface area contributed by atoms with E-state index < -0.39 is 0 Å². The first-order chi connectivity index (χ1) is 11.1. The van der Waals surface area contributed by atoms with Crippen molar-refractivity contribution in [3.63, 3.8) is 0 Å². The number of hydrogen-bond acceptors (Lipinski definition) is 7. The first-order valence-electron chi connectivity index (χ1n) is 6.30. The van der Waals surface area contributed by atoms with Crippen LogP contribution in [0.25, 0.3) is 11.3 Å². The summed E-state index contributed by atoms with van der Waals surface area (Å²) in [6.45, 7) is 0. The van der Waals surface area contributed by atoms with E-state index in [-0.39, 0.29) is 0 Å². The van der Waals surface area contributed by atoms with Gasteiger partial charge in [-0.3, -0.25) is 0 Å². The average Bonchev–Trinajstić information content (AvgIpc) is 3.11. The van der Waals surface area contributed by atoms with Gasteiger partial charge in [0.1, 0.15) is 11.0 Å². The van der Waals surface area contributed by atoms with Crippen molar-refractivity contribution in [3.05, 3.63) is 39.0 Å². The first-order valence-corrected chi connectivity index (χ1v) is 7.50. The smallest absolute Gasteiger partial charge is 0.216 e. The zero-order valence-corrected chi connectivity index (χ0v) is 14.1. The van der Waals surface area contributed by atoms with E-state index in [1.165, 1.54) is 4.52 Å². The zero-order chi connectivity index (χ0) is 16.4. The van der Waals surface area contributed by atoms with Crippen LogP contribution in [0.5, 0.6) is 0 Å². The van der Waals surface area contributed by atoms with E-state index in [0.29, 0.717) is 20.3 Å². The van der Waals surface area contributed by atoms with Crippen molar-refractivity contribution in [2.24, 2.45) is 0 Å². The standard InChI is InChI=1S/C6H7N5S.C5H3ClN4S/c1-7-4-2-3-5-8-9-6(12)11(5)10-4;6-3-1-2-4-7-8-5(11)10(4)9-3/h2-3H,1H3,(H,7,10)(H,9,12);1-2H,(H,8,11). The summed E-state index contributed by atoms with van der Waals surface area (Å²) in [4.78, 5) is 0. The Morgan fingerprint density at radius 1 is 0.957 bits per heavy atom. The number of aromatic amines is 2. The highest BCUT2D eigenvalue weighted by molar-refractivity contribution is 7.71. The van der Waals surface area contributed by atoms with Crippen LogP contribution in [0.2, 0.25) is 5.15 Å². The van der Waals surface area contributed by atoms with Crippen LogP contribution >= 0.6 is 36.0 Å². The monoisotopic (exact) mass is 367 g/mol. The van der Waals surface area contributed by atoms with Crippen LogP contribution in [0.3, 0.4) is 0 Å². The Labute approximate surface area is 144 Å². The van der Waals surface area contributed by atoms with Crippen molar-refractivity contribution in [1.29, 1.82) is 0 Å². The summed E-state index contributed by atoms with van der Waals surface area (Å²) in [7, 11) is 1.80. The number of fused-ring (bicyclic) bond motifs is 2. The van der Waals surface area contributed by atoms with Crippen molar-refractivity contribution in [2.45, 2.75) is 0 Å². The maximum Gasteiger partial charge on any atom is 0.216 e. The molecule has 0 aliphatic heterocycles. The van der Waals surface area contributed by atoms with E-state index in [1.807, 2.05) is 12.1 Å². The summed E-state index contributed by atoms with van der Waals surface area (Å²) in [6.07, 6.45) is 0. The highest BCUT2D eigenvalue weighted by Crippen LogP contribution is 2.05. The number of hydrogen-bond donors (Lipinski definition) is 3. The van der Waals surface area contributed by atoms with Crippen molar-refractivity contribution in [2.75, 3.05) is 12.4 Å². The van der Waals surface area contributed by atoms with Gasteiger partial charge in [-0.25, -0.2) is 10.2 Å². The topological polar surface area (TPSA) is 104 Å². The van der Waals surface area contributed by atoms with E-state index >= 15 is 0 Å². The van der Waals surface area contributed by atoms with Crippen LogP contribution in [0.4, 0.5) is 5.82 Å². The quantitative estimate of drug-likeness (QED) is 0.443. The molecule has 23 heavy (non-hydrogen) atoms. The van der Waals surface area contributed by atoms with E-state index in [4.69, 9.17) is 36.0 Å². The SMILES string of the molecule is CNc1ccc2n[nH]c(=S)n2n1.S=c1[nH]nc2ccc(Cl)nn12. The number of aromatic nitrogens is 8. The van der Waals surface area contributed by atoms with Gasteiger partial charge >= 0.3 is 0 Å². The Hall–Kier alpha value is -2.37. The third-order valence-corrected chi connectivity index (χ3v) is 3.50. The third-order valence-electron chi connectivity index (χ3n) is 2.77. The van der Waals surface area contributed by atoms with Crippen LogP contribution in [-0.4, -0.2) is 46.7 Å². The minimum Gasteiger partial charge on any atom is -0.372 e. The molecule has 0 amide bonds. The molecule has 0 radical (unpaired) electrons. The second-order valence-corrected chi connectivity index (χ2v) is 5.38. The predicted octanol–water partition coefficient (Wildman–Crippen LogP) is 2.27. The van der Waals surface area contributed by atoms with Gasteiger partial charge < -0.3 is 5.32 Å². The fraction of sp³-hybridized carbons (Fsp3) is 0.0909. The molecule has 0 aliphatic carbocycles. The van der Waals surface area contributed by atoms with Gasteiger partial charge in [0, 0.05) is 7.05 Å². The summed E-state index contributed by atoms with van der Waals surface area (Å²) in [6, 6.07) is 7.07. The lowest BCUT2D eigenvalue weighted by molar-refractivity contribution is 0.910. The molecule has 118 valence electrons. The molecule has 4 heterocycles. The molecular formula is C11H10ClN9S2. The van der Waals surface area contributed by atoms with Crippen molar-refractivity contribution >= 4 is 53.1 Å². The molecule has 3 N–H and O–H groups in total. The van der Waals surface area contributed by atoms with Gasteiger partial charge in [0.25, 0.3) is 0 Å². The van der Waals surface area contributed by atoms with E-state index in [0.717, 1.165) is 11.5 Å². The Morgan fingerprint density at radius 2 is 1.52 bits per heavy atom. The number of rotatable bonds is 1. The van der Waals surface area contributed by atoms with Gasteiger partial charge in [-0.15, -0.1) is 5.10 Å². The minimum atomic E-state index is 0.398. The van der Waals surface area contributed by atoms with Crippen LogP contribution < -0.4 is 5.32 Å². The number of nitrogens with one attached hydrogen (secondary N) is 3. The molecule has 0 fully saturated rings. The number of halogens is 1. The van der Waals surface area contributed by atoms with Crippen LogP contribution in [0.15, 0.2) is 24.3 Å². The van der Waals surface area contributed by atoms with Gasteiger partial charge in [-0.2, -0.15) is 24.3 Å². The molecule has 12 heteroatoms. The Bertz CT molecular complexity index is 1080. The van der Waals surface area contributed by atoms with E-state index in [1.54, 1.807) is 23.7 Å². The molecule has 0 spiro atoms. The molecule has 0 aliphatic rings. The molecule has 4 aromatic rings. The largest absolute Gasteiger partial charge is 0.372 e. The van der Waals surface area contributed by atoms with E-state index in [2.05, 4.69) is 35.9 Å². The maximum atomic E-state index is 5.63. The van der Waals surface area contributed by atoms with Gasteiger partial charge in [0.15, 0.2) is 11.3 Å². The lowest BCUT2D eigenvalue weighted by Crippen LogP contribution is -1.97. The predicted molar refractivity (Wildman–Crippen MR) is 90.9 cm³/mol. The lowest BCUT2D eigenvalue weighted by atomic mass is 10.5. The molecule has 0 atom stereocenters. The Morgan fingerprint density at radius 3 is 2.13 bits per heavy atom.